The normalized spacial score (nSPS) is 15.0. The van der Waals surface area contributed by atoms with Gasteiger partial charge >= 0.3 is 13.8 Å². The summed E-state index contributed by atoms with van der Waals surface area (Å²) in [4.78, 5) is 22.2. The number of carbonyl (C=O) groups excluding carboxylic acids is 1. The van der Waals surface area contributed by atoms with E-state index in [1.165, 1.54) is 64.0 Å². The molecule has 0 fully saturated rings. The number of hydrogen-bond acceptors (Lipinski definition) is 8. The van der Waals surface area contributed by atoms with E-state index in [0.29, 0.717) is 12.8 Å². The molecule has 0 bridgehead atoms. The minimum Gasteiger partial charge on any atom is -0.492 e. The van der Waals surface area contributed by atoms with Gasteiger partial charge in [-0.1, -0.05) is 144 Å². The molecule has 0 radical (unpaired) electrons. The zero-order valence-corrected chi connectivity index (χ0v) is 35.1. The summed E-state index contributed by atoms with van der Waals surface area (Å²) in [6.07, 6.45) is 51.3. The summed E-state index contributed by atoms with van der Waals surface area (Å²) < 4.78 is 33.0. The van der Waals surface area contributed by atoms with Gasteiger partial charge in [0.1, 0.15) is 6.61 Å². The molecular formula is C45H76NO8P. The molecule has 3 atom stereocenters. The maximum absolute atomic E-state index is 12.4. The third-order valence-electron chi connectivity index (χ3n) is 8.17. The van der Waals surface area contributed by atoms with Crippen molar-refractivity contribution in [1.29, 1.82) is 0 Å². The van der Waals surface area contributed by atoms with Gasteiger partial charge in [0.15, 0.2) is 6.10 Å². The second kappa shape index (κ2) is 40.9. The number of carbonyl (C=O) groups is 1. The average Bonchev–Trinajstić information content (AvgIpc) is 3.17. The van der Waals surface area contributed by atoms with Gasteiger partial charge in [-0.3, -0.25) is 13.8 Å². The second-order valence-corrected chi connectivity index (χ2v) is 14.8. The molecule has 0 aromatic rings. The topological polar surface area (TPSA) is 138 Å². The minimum atomic E-state index is -4.32. The third kappa shape index (κ3) is 40.7. The van der Waals surface area contributed by atoms with Gasteiger partial charge in [0.25, 0.3) is 0 Å². The van der Waals surface area contributed by atoms with Gasteiger partial charge in [0.05, 0.1) is 25.6 Å². The van der Waals surface area contributed by atoms with Crippen molar-refractivity contribution in [2.24, 2.45) is 5.73 Å². The summed E-state index contributed by atoms with van der Waals surface area (Å²) in [5, 5.41) is 10.2. The van der Waals surface area contributed by atoms with E-state index in [-0.39, 0.29) is 32.8 Å². The van der Waals surface area contributed by atoms with Crippen LogP contribution in [-0.4, -0.2) is 54.5 Å². The van der Waals surface area contributed by atoms with Gasteiger partial charge in [-0.05, 0) is 83.1 Å². The van der Waals surface area contributed by atoms with Gasteiger partial charge in [0, 0.05) is 13.0 Å². The fraction of sp³-hybridized carbons (Fsp3) is 0.622. The molecule has 314 valence electrons. The molecule has 0 heterocycles. The van der Waals surface area contributed by atoms with Crippen molar-refractivity contribution in [2.75, 3.05) is 26.4 Å². The quantitative estimate of drug-likeness (QED) is 0.0139. The summed E-state index contributed by atoms with van der Waals surface area (Å²) in [5.74, 6) is -0.439. The third-order valence-corrected chi connectivity index (χ3v) is 9.15. The van der Waals surface area contributed by atoms with Crippen LogP contribution in [0.15, 0.2) is 97.4 Å². The Bertz CT molecular complexity index is 1170. The van der Waals surface area contributed by atoms with Crippen LogP contribution in [0.4, 0.5) is 0 Å². The van der Waals surface area contributed by atoms with E-state index in [1.807, 2.05) is 36.5 Å². The first-order valence-electron chi connectivity index (χ1n) is 20.9. The van der Waals surface area contributed by atoms with Crippen LogP contribution in [0.3, 0.4) is 0 Å². The lowest BCUT2D eigenvalue weighted by atomic mass is 10.1. The number of nitrogens with two attached hydrogens (primary N) is 1. The molecule has 0 aliphatic heterocycles. The number of esters is 1. The van der Waals surface area contributed by atoms with Crippen molar-refractivity contribution in [2.45, 2.75) is 154 Å². The molecule has 10 heteroatoms. The highest BCUT2D eigenvalue weighted by molar-refractivity contribution is 7.47. The van der Waals surface area contributed by atoms with Crippen LogP contribution < -0.4 is 5.73 Å². The number of rotatable bonds is 38. The molecule has 2 unspecified atom stereocenters. The zero-order valence-electron chi connectivity index (χ0n) is 34.2. The first-order valence-corrected chi connectivity index (χ1v) is 22.4. The highest BCUT2D eigenvalue weighted by Gasteiger charge is 2.24. The standard InChI is InChI=1S/C45H76NO8P/c1-3-5-7-9-11-13-15-17-18-19-21-23-25-27-29-34-39-51-44(42-54-55(49,50)53-40-38-46)41-52-45(48)37-33-30-32-36-43(47)35-31-28-26-24-22-20-16-14-12-10-8-6-4-2/h6,8,12,14,17-18,20,22,26,28,30-32,34-35,39,43-44,47H,3-5,7,9-11,13,15-16,19,21,23-25,27,29,33,36-38,40-42,46H2,1-2H3,(H,49,50)/b8-6-,14-12-,18-17-,22-20-,28-26-,32-30-,35-31-,39-34+/t43?,44-/m1/s1. The number of hydrogen-bond donors (Lipinski definition) is 3. The molecule has 4 N–H and O–H groups in total. The van der Waals surface area contributed by atoms with E-state index in [2.05, 4.69) is 62.5 Å². The van der Waals surface area contributed by atoms with E-state index < -0.39 is 26.0 Å². The Morgan fingerprint density at radius 3 is 1.89 bits per heavy atom. The van der Waals surface area contributed by atoms with Crippen molar-refractivity contribution in [3.8, 4) is 0 Å². The summed E-state index contributed by atoms with van der Waals surface area (Å²) in [6, 6.07) is 0. The predicted octanol–water partition coefficient (Wildman–Crippen LogP) is 11.6. The van der Waals surface area contributed by atoms with Crippen LogP contribution in [0.5, 0.6) is 0 Å². The van der Waals surface area contributed by atoms with Crippen LogP contribution in [0, 0.1) is 0 Å². The van der Waals surface area contributed by atoms with Gasteiger partial charge in [-0.15, -0.1) is 0 Å². The molecule has 0 aliphatic rings. The van der Waals surface area contributed by atoms with Gasteiger partial charge < -0.3 is 25.2 Å². The van der Waals surface area contributed by atoms with E-state index in [9.17, 15) is 19.4 Å². The number of allylic oxidation sites excluding steroid dienone is 13. The molecule has 0 amide bonds. The molecule has 9 nitrogen and oxygen atoms in total. The van der Waals surface area contributed by atoms with E-state index in [0.717, 1.165) is 51.4 Å². The average molecular weight is 790 g/mol. The SMILES string of the molecule is CC/C=C\C/C=C\C/C=C\C/C=C\C=C/C(O)C/C=C\CCC(=O)OC[C@H](COP(=O)(O)OCCN)O/C=C/CCCCCC/C=C\CCCCCCCC. The fourth-order valence-electron chi connectivity index (χ4n) is 5.02. The Kier molecular flexibility index (Phi) is 38.8. The Morgan fingerprint density at radius 1 is 0.673 bits per heavy atom. The van der Waals surface area contributed by atoms with Crippen LogP contribution in [0.1, 0.15) is 142 Å². The highest BCUT2D eigenvalue weighted by Crippen LogP contribution is 2.43. The van der Waals surface area contributed by atoms with Gasteiger partial charge in [-0.25, -0.2) is 4.57 Å². The molecule has 0 spiro atoms. The maximum atomic E-state index is 12.4. The molecule has 0 rings (SSSR count). The fourth-order valence-corrected chi connectivity index (χ4v) is 5.79. The highest BCUT2D eigenvalue weighted by atomic mass is 31.2. The molecular weight excluding hydrogens is 713 g/mol. The maximum Gasteiger partial charge on any atom is 0.472 e. The number of aliphatic hydroxyl groups is 1. The van der Waals surface area contributed by atoms with Gasteiger partial charge in [0.2, 0.25) is 0 Å². The first kappa shape index (κ1) is 52.2. The Balaban J connectivity index is 4.37. The monoisotopic (exact) mass is 790 g/mol. The lowest BCUT2D eigenvalue weighted by Gasteiger charge is -2.19. The lowest BCUT2D eigenvalue weighted by Crippen LogP contribution is -2.25. The smallest absolute Gasteiger partial charge is 0.472 e. The van der Waals surface area contributed by atoms with Gasteiger partial charge in [-0.2, -0.15) is 0 Å². The Hall–Kier alpha value is -2.78. The largest absolute Gasteiger partial charge is 0.492 e. The molecule has 0 saturated heterocycles. The summed E-state index contributed by atoms with van der Waals surface area (Å²) >= 11 is 0. The number of unbranched alkanes of at least 4 members (excludes halogenated alkanes) is 11. The van der Waals surface area contributed by atoms with Crippen LogP contribution in [0.25, 0.3) is 0 Å². The van der Waals surface area contributed by atoms with Crippen molar-refractivity contribution in [3.05, 3.63) is 97.4 Å². The predicted molar refractivity (Wildman–Crippen MR) is 229 cm³/mol. The van der Waals surface area contributed by atoms with Crippen LogP contribution in [-0.2, 0) is 27.9 Å². The molecule has 0 aliphatic carbocycles. The molecule has 0 aromatic carbocycles. The Morgan fingerprint density at radius 2 is 1.25 bits per heavy atom. The van der Waals surface area contributed by atoms with Crippen LogP contribution >= 0.6 is 7.82 Å². The van der Waals surface area contributed by atoms with E-state index in [1.54, 1.807) is 6.08 Å². The first-order chi connectivity index (χ1) is 26.8. The molecule has 0 aromatic heterocycles. The number of ether oxygens (including phenoxy) is 2. The van der Waals surface area contributed by atoms with E-state index >= 15 is 0 Å². The summed E-state index contributed by atoms with van der Waals surface area (Å²) in [5.41, 5.74) is 5.35. The molecule has 0 saturated carbocycles. The number of phosphoric acid groups is 1. The summed E-state index contributed by atoms with van der Waals surface area (Å²) in [6.45, 7) is 3.85. The zero-order chi connectivity index (χ0) is 40.3. The van der Waals surface area contributed by atoms with E-state index in [4.69, 9.17) is 24.3 Å². The van der Waals surface area contributed by atoms with Crippen molar-refractivity contribution < 1.29 is 37.9 Å². The minimum absolute atomic E-state index is 0.0697. The van der Waals surface area contributed by atoms with Crippen molar-refractivity contribution in [3.63, 3.8) is 0 Å². The van der Waals surface area contributed by atoms with Crippen LogP contribution in [0.2, 0.25) is 0 Å². The lowest BCUT2D eigenvalue weighted by molar-refractivity contribution is -0.147. The van der Waals surface area contributed by atoms with Crippen molar-refractivity contribution >= 4 is 13.8 Å². The molecule has 55 heavy (non-hydrogen) atoms. The number of aliphatic hydroxyl groups excluding tert-OH is 1. The van der Waals surface area contributed by atoms with Crippen molar-refractivity contribution in [1.82, 2.24) is 0 Å². The summed E-state index contributed by atoms with van der Waals surface area (Å²) in [7, 11) is -4.32. The second-order valence-electron chi connectivity index (χ2n) is 13.4. The number of phosphoric ester groups is 1. The Labute approximate surface area is 334 Å².